The molecule has 34 heavy (non-hydrogen) atoms. The number of benzene rings is 2. The van der Waals surface area contributed by atoms with Gasteiger partial charge in [0.25, 0.3) is 0 Å². The summed E-state index contributed by atoms with van der Waals surface area (Å²) in [4.78, 5) is 25.4. The highest BCUT2D eigenvalue weighted by Gasteiger charge is 2.66. The average Bonchev–Trinajstić information content (AvgIpc) is 3.22. The number of urea groups is 1. The summed E-state index contributed by atoms with van der Waals surface area (Å²) < 4.78 is 47.7. The van der Waals surface area contributed by atoms with Crippen LogP contribution in [0.15, 0.2) is 59.0 Å². The van der Waals surface area contributed by atoms with Crippen LogP contribution in [0.4, 0.5) is 18.0 Å². The normalized spacial score (nSPS) is 22.7. The monoisotopic (exact) mass is 532 g/mol. The van der Waals surface area contributed by atoms with E-state index in [2.05, 4.69) is 5.32 Å². The quantitative estimate of drug-likeness (QED) is 0.358. The zero-order valence-corrected chi connectivity index (χ0v) is 19.1. The molecule has 1 saturated heterocycles. The van der Waals surface area contributed by atoms with Gasteiger partial charge in [0, 0.05) is 21.2 Å². The van der Waals surface area contributed by atoms with Gasteiger partial charge in [-0.2, -0.15) is 13.2 Å². The molecule has 1 aromatic heterocycles. The third-order valence-electron chi connectivity index (χ3n) is 5.35. The van der Waals surface area contributed by atoms with Crippen LogP contribution in [0, 0.1) is 5.92 Å². The van der Waals surface area contributed by atoms with Gasteiger partial charge in [0.2, 0.25) is 5.72 Å². The highest BCUT2D eigenvalue weighted by molar-refractivity contribution is 6.36. The Morgan fingerprint density at radius 1 is 1.00 bits per heavy atom. The Balaban J connectivity index is 1.82. The molecule has 0 bridgehead atoms. The van der Waals surface area contributed by atoms with Gasteiger partial charge in [-0.1, -0.05) is 34.8 Å². The number of rotatable bonds is 4. The maximum atomic E-state index is 14.0. The first-order chi connectivity index (χ1) is 15.9. The third kappa shape index (κ3) is 4.36. The van der Waals surface area contributed by atoms with Crippen LogP contribution >= 0.6 is 34.8 Å². The first-order valence-corrected chi connectivity index (χ1v) is 10.8. The molecule has 0 radical (unpaired) electrons. The van der Waals surface area contributed by atoms with Crippen LogP contribution in [0.2, 0.25) is 15.1 Å². The molecule has 6 nitrogen and oxygen atoms in total. The minimum Gasteiger partial charge on any atom is -0.459 e. The summed E-state index contributed by atoms with van der Waals surface area (Å²) in [6.45, 7) is 0. The minimum atomic E-state index is -5.40. The van der Waals surface area contributed by atoms with E-state index in [0.29, 0.717) is 10.6 Å². The Kier molecular flexibility index (Phi) is 6.32. The fourth-order valence-electron chi connectivity index (χ4n) is 3.72. The summed E-state index contributed by atoms with van der Waals surface area (Å²) in [5.41, 5.74) is -3.67. The lowest BCUT2D eigenvalue weighted by atomic mass is 9.79. The largest absolute Gasteiger partial charge is 0.459 e. The topological polar surface area (TPSA) is 91.6 Å². The number of hydrogen-bond donors (Lipinski definition) is 3. The number of nitrogens with one attached hydrogen (secondary N) is 2. The molecular formula is C22H14Cl3F3N2O4. The predicted octanol–water partition coefficient (Wildman–Crippen LogP) is 6.01. The Morgan fingerprint density at radius 2 is 1.65 bits per heavy atom. The van der Waals surface area contributed by atoms with Crippen LogP contribution < -0.4 is 10.6 Å². The molecular weight excluding hydrogens is 520 g/mol. The summed E-state index contributed by atoms with van der Waals surface area (Å²) >= 11 is 17.9. The van der Waals surface area contributed by atoms with Crippen molar-refractivity contribution in [2.75, 3.05) is 0 Å². The molecule has 1 aliphatic heterocycles. The molecule has 0 unspecified atom stereocenters. The highest BCUT2D eigenvalue weighted by atomic mass is 35.5. The lowest BCUT2D eigenvalue weighted by molar-refractivity contribution is -0.288. The number of Topliss-reactive ketones (excluding diaryl/α,β-unsaturated/α-hetero) is 1. The van der Waals surface area contributed by atoms with E-state index in [0.717, 1.165) is 0 Å². The standard InChI is InChI=1S/C22H14Cl3F3N2O4/c23-11-3-1-10(2-4-11)19(31)17-18(29-20(32)30-21(17,33)22(26,27)28)16-8-7-15(34-16)13-6-5-12(24)9-14(13)25/h1-9,17-18,33H,(H2,29,30,32)/t17-,18+,21-/m1/s1. The second-order valence-corrected chi connectivity index (χ2v) is 8.80. The van der Waals surface area contributed by atoms with Crippen LogP contribution in [-0.4, -0.2) is 28.8 Å². The van der Waals surface area contributed by atoms with E-state index >= 15 is 0 Å². The molecule has 2 aromatic carbocycles. The lowest BCUT2D eigenvalue weighted by Crippen LogP contribution is -2.72. The van der Waals surface area contributed by atoms with Gasteiger partial charge in [0.05, 0.1) is 5.02 Å². The predicted molar refractivity (Wildman–Crippen MR) is 119 cm³/mol. The molecule has 1 aliphatic rings. The van der Waals surface area contributed by atoms with Gasteiger partial charge >= 0.3 is 12.2 Å². The van der Waals surface area contributed by atoms with E-state index in [-0.39, 0.29) is 27.1 Å². The molecule has 2 heterocycles. The van der Waals surface area contributed by atoms with Gasteiger partial charge in [-0.25, -0.2) is 4.79 Å². The molecule has 0 spiro atoms. The van der Waals surface area contributed by atoms with E-state index in [1.165, 1.54) is 59.9 Å². The fraction of sp³-hybridized carbons (Fsp3) is 0.182. The van der Waals surface area contributed by atoms with Crippen LogP contribution in [0.3, 0.4) is 0 Å². The van der Waals surface area contributed by atoms with Crippen molar-refractivity contribution in [2.24, 2.45) is 5.92 Å². The minimum absolute atomic E-state index is 0.151. The molecule has 2 amide bonds. The highest BCUT2D eigenvalue weighted by Crippen LogP contribution is 2.45. The molecule has 0 saturated carbocycles. The number of hydrogen-bond acceptors (Lipinski definition) is 4. The molecule has 3 atom stereocenters. The van der Waals surface area contributed by atoms with E-state index in [1.807, 2.05) is 0 Å². The molecule has 12 heteroatoms. The van der Waals surface area contributed by atoms with Crippen LogP contribution in [0.1, 0.15) is 22.2 Å². The first-order valence-electron chi connectivity index (χ1n) is 9.63. The average molecular weight is 534 g/mol. The summed E-state index contributed by atoms with van der Waals surface area (Å²) in [6.07, 6.45) is -5.40. The van der Waals surface area contributed by atoms with Crippen molar-refractivity contribution >= 4 is 46.6 Å². The lowest BCUT2D eigenvalue weighted by Gasteiger charge is -2.44. The van der Waals surface area contributed by atoms with Crippen molar-refractivity contribution in [3.8, 4) is 11.3 Å². The summed E-state index contributed by atoms with van der Waals surface area (Å²) in [5, 5.41) is 15.2. The first kappa shape index (κ1) is 24.4. The van der Waals surface area contributed by atoms with Crippen molar-refractivity contribution in [1.29, 1.82) is 0 Å². The van der Waals surface area contributed by atoms with Crippen LogP contribution in [-0.2, 0) is 0 Å². The SMILES string of the molecule is O=C1N[C@@H](c2ccc(-c3ccc(Cl)cc3Cl)o2)[C@H](C(=O)c2ccc(Cl)cc2)[C@@](O)(C(F)(F)F)N1. The molecule has 1 fully saturated rings. The molecule has 178 valence electrons. The Bertz CT molecular complexity index is 1260. The van der Waals surface area contributed by atoms with E-state index < -0.39 is 35.7 Å². The van der Waals surface area contributed by atoms with Crippen LogP contribution in [0.25, 0.3) is 11.3 Å². The summed E-state index contributed by atoms with van der Waals surface area (Å²) in [7, 11) is 0. The van der Waals surface area contributed by atoms with E-state index in [4.69, 9.17) is 39.2 Å². The number of carbonyl (C=O) groups is 2. The maximum absolute atomic E-state index is 14.0. The second kappa shape index (κ2) is 8.81. The molecule has 4 rings (SSSR count). The molecule has 0 aliphatic carbocycles. The van der Waals surface area contributed by atoms with E-state index in [9.17, 15) is 27.9 Å². The van der Waals surface area contributed by atoms with Crippen molar-refractivity contribution < 1.29 is 32.3 Å². The maximum Gasteiger partial charge on any atom is 0.437 e. The van der Waals surface area contributed by atoms with Gasteiger partial charge in [-0.05, 0) is 54.6 Å². The van der Waals surface area contributed by atoms with Gasteiger partial charge in [-0.15, -0.1) is 0 Å². The number of halogens is 6. The number of ketones is 1. The van der Waals surface area contributed by atoms with Crippen molar-refractivity contribution in [1.82, 2.24) is 10.6 Å². The van der Waals surface area contributed by atoms with Crippen LogP contribution in [0.5, 0.6) is 0 Å². The zero-order valence-electron chi connectivity index (χ0n) is 16.8. The fourth-order valence-corrected chi connectivity index (χ4v) is 4.35. The Labute approximate surface area is 205 Å². The number of carbonyl (C=O) groups excluding carboxylic acids is 2. The summed E-state index contributed by atoms with van der Waals surface area (Å²) in [5.74, 6) is -3.40. The number of aliphatic hydroxyl groups is 1. The zero-order chi connectivity index (χ0) is 24.8. The molecule has 3 aromatic rings. The van der Waals surface area contributed by atoms with Gasteiger partial charge in [-0.3, -0.25) is 4.79 Å². The third-order valence-corrected chi connectivity index (χ3v) is 6.15. The number of furan rings is 1. The van der Waals surface area contributed by atoms with Crippen molar-refractivity contribution in [3.63, 3.8) is 0 Å². The Hall–Kier alpha value is -2.72. The number of amides is 2. The summed E-state index contributed by atoms with van der Waals surface area (Å²) in [6, 6.07) is 9.27. The van der Waals surface area contributed by atoms with Gasteiger partial charge < -0.3 is 20.2 Å². The smallest absolute Gasteiger partial charge is 0.437 e. The number of alkyl halides is 3. The molecule has 3 N–H and O–H groups in total. The Morgan fingerprint density at radius 3 is 2.26 bits per heavy atom. The van der Waals surface area contributed by atoms with Gasteiger partial charge in [0.1, 0.15) is 23.5 Å². The second-order valence-electron chi connectivity index (χ2n) is 7.52. The van der Waals surface area contributed by atoms with E-state index in [1.54, 1.807) is 0 Å². The van der Waals surface area contributed by atoms with Gasteiger partial charge in [0.15, 0.2) is 5.78 Å². The van der Waals surface area contributed by atoms with Crippen molar-refractivity contribution in [2.45, 2.75) is 17.9 Å². The van der Waals surface area contributed by atoms with Crippen molar-refractivity contribution in [3.05, 3.63) is 81.0 Å².